The van der Waals surface area contributed by atoms with Crippen molar-refractivity contribution in [3.63, 3.8) is 0 Å². The predicted octanol–water partition coefficient (Wildman–Crippen LogP) is 3.02. The summed E-state index contributed by atoms with van der Waals surface area (Å²) in [5, 5.41) is 0. The SMILES string of the molecule is CCOC(=O)C(C(=O)OCC)C(C(C)C)P(=O)(OCC)OCC. The largest absolute Gasteiger partial charge is 0.465 e. The van der Waals surface area contributed by atoms with Crippen molar-refractivity contribution in [1.29, 1.82) is 0 Å². The van der Waals surface area contributed by atoms with E-state index in [1.54, 1.807) is 41.5 Å². The van der Waals surface area contributed by atoms with Gasteiger partial charge in [-0.1, -0.05) is 13.8 Å². The van der Waals surface area contributed by atoms with Crippen LogP contribution in [0, 0.1) is 11.8 Å². The quantitative estimate of drug-likeness (QED) is 0.321. The van der Waals surface area contributed by atoms with Gasteiger partial charge in [-0.15, -0.1) is 0 Å². The first-order valence-corrected chi connectivity index (χ1v) is 9.62. The Morgan fingerprint density at radius 3 is 1.48 bits per heavy atom. The third-order valence-electron chi connectivity index (χ3n) is 3.09. The summed E-state index contributed by atoms with van der Waals surface area (Å²) >= 11 is 0. The molecule has 0 aliphatic rings. The van der Waals surface area contributed by atoms with Gasteiger partial charge >= 0.3 is 19.5 Å². The number of carbonyl (C=O) groups is 2. The summed E-state index contributed by atoms with van der Waals surface area (Å²) in [6.45, 7) is 10.6. The van der Waals surface area contributed by atoms with E-state index >= 15 is 0 Å². The standard InChI is InChI=1S/C15H29O7P/c1-7-19-14(16)12(15(17)20-8-2)13(11(5)6)23(18,21-9-3)22-10-4/h11-13H,7-10H2,1-6H3. The molecule has 23 heavy (non-hydrogen) atoms. The Balaban J connectivity index is 5.89. The molecule has 0 aliphatic carbocycles. The molecule has 7 nitrogen and oxygen atoms in total. The molecule has 0 aromatic rings. The summed E-state index contributed by atoms with van der Waals surface area (Å²) in [6, 6.07) is 0. The van der Waals surface area contributed by atoms with Gasteiger partial charge in [0, 0.05) is 0 Å². The van der Waals surface area contributed by atoms with E-state index in [-0.39, 0.29) is 32.3 Å². The van der Waals surface area contributed by atoms with Gasteiger partial charge in [-0.3, -0.25) is 14.2 Å². The van der Waals surface area contributed by atoms with E-state index in [0.717, 1.165) is 0 Å². The van der Waals surface area contributed by atoms with Crippen LogP contribution in [-0.4, -0.2) is 44.0 Å². The lowest BCUT2D eigenvalue weighted by atomic mass is 9.96. The second-order valence-corrected chi connectivity index (χ2v) is 7.28. The molecule has 0 aromatic heterocycles. The Bertz CT molecular complexity index is 394. The minimum absolute atomic E-state index is 0.104. The molecule has 0 fully saturated rings. The Morgan fingerprint density at radius 2 is 1.22 bits per heavy atom. The first-order valence-electron chi connectivity index (χ1n) is 8.00. The summed E-state index contributed by atoms with van der Waals surface area (Å²) in [7, 11) is -3.70. The number of ether oxygens (including phenoxy) is 2. The molecule has 0 N–H and O–H groups in total. The maximum atomic E-state index is 13.2. The van der Waals surface area contributed by atoms with E-state index in [4.69, 9.17) is 18.5 Å². The smallest absolute Gasteiger partial charge is 0.335 e. The van der Waals surface area contributed by atoms with E-state index in [0.29, 0.717) is 0 Å². The molecule has 1 unspecified atom stereocenters. The number of esters is 2. The minimum Gasteiger partial charge on any atom is -0.465 e. The molecule has 0 spiro atoms. The molecule has 0 saturated heterocycles. The van der Waals surface area contributed by atoms with Gasteiger partial charge in [-0.05, 0) is 33.6 Å². The molecule has 0 rings (SSSR count). The lowest BCUT2D eigenvalue weighted by Crippen LogP contribution is -2.41. The zero-order chi connectivity index (χ0) is 18.0. The van der Waals surface area contributed by atoms with Crippen LogP contribution < -0.4 is 0 Å². The Kier molecular flexibility index (Phi) is 10.4. The second-order valence-electron chi connectivity index (χ2n) is 5.09. The number of hydrogen-bond donors (Lipinski definition) is 0. The fraction of sp³-hybridized carbons (Fsp3) is 0.867. The first kappa shape index (κ1) is 22.1. The highest BCUT2D eigenvalue weighted by Gasteiger charge is 2.51. The van der Waals surface area contributed by atoms with Crippen LogP contribution in [0.15, 0.2) is 0 Å². The topological polar surface area (TPSA) is 88.1 Å². The second kappa shape index (κ2) is 10.8. The molecular formula is C15H29O7P. The lowest BCUT2D eigenvalue weighted by molar-refractivity contribution is -0.162. The van der Waals surface area contributed by atoms with Crippen LogP contribution >= 0.6 is 7.60 Å². The molecule has 1 atom stereocenters. The van der Waals surface area contributed by atoms with E-state index in [2.05, 4.69) is 0 Å². The lowest BCUT2D eigenvalue weighted by Gasteiger charge is -2.32. The first-order chi connectivity index (χ1) is 10.8. The van der Waals surface area contributed by atoms with Gasteiger partial charge in [0.15, 0.2) is 5.92 Å². The molecule has 0 heterocycles. The molecule has 0 bridgehead atoms. The average molecular weight is 352 g/mol. The van der Waals surface area contributed by atoms with Crippen molar-refractivity contribution in [2.45, 2.75) is 47.2 Å². The summed E-state index contributed by atoms with van der Waals surface area (Å²) < 4.78 is 33.8. The van der Waals surface area contributed by atoms with Crippen LogP contribution in [0.4, 0.5) is 0 Å². The van der Waals surface area contributed by atoms with Crippen LogP contribution in [0.3, 0.4) is 0 Å². The van der Waals surface area contributed by atoms with Crippen LogP contribution in [0.5, 0.6) is 0 Å². The zero-order valence-electron chi connectivity index (χ0n) is 14.9. The van der Waals surface area contributed by atoms with Gasteiger partial charge < -0.3 is 18.5 Å². The highest BCUT2D eigenvalue weighted by Crippen LogP contribution is 2.58. The summed E-state index contributed by atoms with van der Waals surface area (Å²) in [6.07, 6.45) is 0. The van der Waals surface area contributed by atoms with Crippen molar-refractivity contribution in [3.8, 4) is 0 Å². The molecule has 136 valence electrons. The average Bonchev–Trinajstić information content (AvgIpc) is 2.44. The van der Waals surface area contributed by atoms with Crippen molar-refractivity contribution in [3.05, 3.63) is 0 Å². The molecule has 0 amide bonds. The fourth-order valence-corrected chi connectivity index (χ4v) is 4.82. The van der Waals surface area contributed by atoms with Gasteiger partial charge in [0.05, 0.1) is 32.1 Å². The Hall–Kier alpha value is -0.910. The fourth-order valence-electron chi connectivity index (χ4n) is 2.34. The van der Waals surface area contributed by atoms with E-state index < -0.39 is 31.1 Å². The maximum Gasteiger partial charge on any atom is 0.335 e. The highest BCUT2D eigenvalue weighted by molar-refractivity contribution is 7.54. The molecule has 0 radical (unpaired) electrons. The van der Waals surface area contributed by atoms with Gasteiger partial charge in [-0.2, -0.15) is 0 Å². The summed E-state index contributed by atoms with van der Waals surface area (Å²) in [5.41, 5.74) is -0.972. The van der Waals surface area contributed by atoms with Crippen molar-refractivity contribution < 1.29 is 32.7 Å². The van der Waals surface area contributed by atoms with Gasteiger partial charge in [-0.25, -0.2) is 0 Å². The summed E-state index contributed by atoms with van der Waals surface area (Å²) in [4.78, 5) is 24.6. The van der Waals surface area contributed by atoms with Crippen LogP contribution in [0.25, 0.3) is 0 Å². The van der Waals surface area contributed by atoms with Crippen molar-refractivity contribution in [2.75, 3.05) is 26.4 Å². The molecule has 0 saturated carbocycles. The normalized spacial score (nSPS) is 13.2. The number of carbonyl (C=O) groups excluding carboxylic acids is 2. The molecular weight excluding hydrogens is 323 g/mol. The van der Waals surface area contributed by atoms with E-state index in [1.165, 1.54) is 0 Å². The number of rotatable bonds is 11. The minimum atomic E-state index is -3.70. The van der Waals surface area contributed by atoms with E-state index in [1.807, 2.05) is 0 Å². The summed E-state index contributed by atoms with van der Waals surface area (Å²) in [5.74, 6) is -3.22. The zero-order valence-corrected chi connectivity index (χ0v) is 15.8. The third-order valence-corrected chi connectivity index (χ3v) is 5.95. The van der Waals surface area contributed by atoms with Crippen LogP contribution in [0.2, 0.25) is 0 Å². The highest BCUT2D eigenvalue weighted by atomic mass is 31.2. The van der Waals surface area contributed by atoms with Crippen molar-refractivity contribution in [1.82, 2.24) is 0 Å². The van der Waals surface area contributed by atoms with Crippen molar-refractivity contribution in [2.24, 2.45) is 11.8 Å². The van der Waals surface area contributed by atoms with Gasteiger partial charge in [0.25, 0.3) is 0 Å². The van der Waals surface area contributed by atoms with E-state index in [9.17, 15) is 14.2 Å². The molecule has 0 aromatic carbocycles. The monoisotopic (exact) mass is 352 g/mol. The van der Waals surface area contributed by atoms with Gasteiger partial charge in [0.1, 0.15) is 0 Å². The number of hydrogen-bond acceptors (Lipinski definition) is 7. The molecule has 0 aliphatic heterocycles. The van der Waals surface area contributed by atoms with Crippen LogP contribution in [-0.2, 0) is 32.7 Å². The molecule has 8 heteroatoms. The van der Waals surface area contributed by atoms with Gasteiger partial charge in [0.2, 0.25) is 0 Å². The Morgan fingerprint density at radius 1 is 0.826 bits per heavy atom. The third kappa shape index (κ3) is 6.24. The predicted molar refractivity (Wildman–Crippen MR) is 86.2 cm³/mol. The van der Waals surface area contributed by atoms with Crippen LogP contribution in [0.1, 0.15) is 41.5 Å². The Labute approximate surface area is 138 Å². The maximum absolute atomic E-state index is 13.2. The van der Waals surface area contributed by atoms with Crippen molar-refractivity contribution >= 4 is 19.5 Å².